The fourth-order valence-corrected chi connectivity index (χ4v) is 3.93. The van der Waals surface area contributed by atoms with Gasteiger partial charge in [0.15, 0.2) is 0 Å². The summed E-state index contributed by atoms with van der Waals surface area (Å²) >= 11 is 6.47. The number of nitrogens with one attached hydrogen (secondary N) is 2. The van der Waals surface area contributed by atoms with E-state index in [-0.39, 0.29) is 11.0 Å². The van der Waals surface area contributed by atoms with Crippen LogP contribution in [-0.4, -0.2) is 41.3 Å². The van der Waals surface area contributed by atoms with E-state index in [9.17, 15) is 4.79 Å². The molecule has 1 fully saturated rings. The lowest BCUT2D eigenvalue weighted by atomic mass is 9.84. The molecule has 0 spiro atoms. The Hall–Kier alpha value is -2.74. The van der Waals surface area contributed by atoms with E-state index in [0.717, 1.165) is 37.3 Å². The van der Waals surface area contributed by atoms with Crippen molar-refractivity contribution in [3.63, 3.8) is 0 Å². The number of benzene rings is 1. The Morgan fingerprint density at radius 1 is 1.24 bits per heavy atom. The van der Waals surface area contributed by atoms with Gasteiger partial charge >= 0.3 is 0 Å². The van der Waals surface area contributed by atoms with Crippen LogP contribution in [0.4, 0.5) is 0 Å². The van der Waals surface area contributed by atoms with Crippen molar-refractivity contribution in [2.75, 3.05) is 26.4 Å². The smallest absolute Gasteiger partial charge is 0.251 e. The lowest BCUT2D eigenvalue weighted by molar-refractivity contribution is -0.133. The molecule has 0 unspecified atom stereocenters. The highest BCUT2D eigenvalue weighted by Crippen LogP contribution is 2.32. The number of hydrogen-bond donors (Lipinski definition) is 2. The molecular weight excluding hydrogens is 452 g/mol. The number of aromatic amines is 1. The van der Waals surface area contributed by atoms with Gasteiger partial charge in [-0.05, 0) is 42.6 Å². The third kappa shape index (κ3) is 5.84. The molecule has 0 saturated carbocycles. The number of pyridine rings is 1. The van der Waals surface area contributed by atoms with Gasteiger partial charge in [0.25, 0.3) is 5.56 Å². The van der Waals surface area contributed by atoms with Gasteiger partial charge in [-0.3, -0.25) is 4.79 Å². The molecule has 2 N–H and O–H groups in total. The van der Waals surface area contributed by atoms with Crippen LogP contribution in [-0.2, 0) is 11.3 Å². The molecule has 7 nitrogen and oxygen atoms in total. The topological polar surface area (TPSA) is 89.1 Å². The van der Waals surface area contributed by atoms with Crippen LogP contribution in [0.1, 0.15) is 32.8 Å². The Labute approximate surface area is 204 Å². The summed E-state index contributed by atoms with van der Waals surface area (Å²) in [5, 5.41) is 3.95. The fourth-order valence-electron chi connectivity index (χ4n) is 3.73. The third-order valence-corrected chi connectivity index (χ3v) is 6.36. The summed E-state index contributed by atoms with van der Waals surface area (Å²) in [4.78, 5) is 24.4. The van der Waals surface area contributed by atoms with E-state index < -0.39 is 0 Å². The lowest BCUT2D eigenvalue weighted by Gasteiger charge is -2.40. The van der Waals surface area contributed by atoms with Crippen LogP contribution in [0.5, 0.6) is 5.88 Å². The van der Waals surface area contributed by atoms with Crippen LogP contribution in [0.3, 0.4) is 0 Å². The molecule has 2 aromatic heterocycles. The largest absolute Gasteiger partial charge is 0.477 e. The van der Waals surface area contributed by atoms with Crippen molar-refractivity contribution < 1.29 is 9.47 Å². The van der Waals surface area contributed by atoms with Crippen LogP contribution in [0.25, 0.3) is 22.6 Å². The molecule has 4 rings (SSSR count). The number of halogens is 1. The van der Waals surface area contributed by atoms with Gasteiger partial charge in [0.1, 0.15) is 5.82 Å². The zero-order valence-corrected chi connectivity index (χ0v) is 20.6. The molecule has 1 saturated heterocycles. The Morgan fingerprint density at radius 3 is 2.71 bits per heavy atom. The normalized spacial score (nSPS) is 14.7. The van der Waals surface area contributed by atoms with Crippen molar-refractivity contribution in [3.05, 3.63) is 63.5 Å². The first-order chi connectivity index (χ1) is 16.4. The van der Waals surface area contributed by atoms with E-state index in [0.29, 0.717) is 47.1 Å². The standard InChI is InChI=1S/C26H31ClN4O3/c1-4-26(14-33-15-26)16-34-24-8-6-19(13-29-24)22-10-23(32)31-25(30-22)20-9-18(5-7-21(20)27)12-28-11-17(2)3/h5-10,13,17,28H,4,11-12,14-16H2,1-3H3,(H,30,31,32). The molecular formula is C26H31ClN4O3. The van der Waals surface area contributed by atoms with Gasteiger partial charge in [0.05, 0.1) is 36.0 Å². The molecule has 1 aromatic carbocycles. The summed E-state index contributed by atoms with van der Waals surface area (Å²) in [5.41, 5.74) is 2.83. The number of nitrogens with zero attached hydrogens (tertiary/aromatic N) is 2. The molecule has 1 aliphatic heterocycles. The van der Waals surface area contributed by atoms with Gasteiger partial charge < -0.3 is 19.8 Å². The van der Waals surface area contributed by atoms with Crippen LogP contribution < -0.4 is 15.6 Å². The maximum Gasteiger partial charge on any atom is 0.251 e. The van der Waals surface area contributed by atoms with E-state index in [1.54, 1.807) is 12.3 Å². The average molecular weight is 483 g/mol. The third-order valence-electron chi connectivity index (χ3n) is 6.03. The van der Waals surface area contributed by atoms with E-state index in [2.05, 4.69) is 41.0 Å². The highest BCUT2D eigenvalue weighted by Gasteiger charge is 2.37. The molecule has 0 aliphatic carbocycles. The Kier molecular flexibility index (Phi) is 7.66. The number of H-pyrrole nitrogens is 1. The number of ether oxygens (including phenoxy) is 2. The molecule has 0 bridgehead atoms. The molecule has 8 heteroatoms. The van der Waals surface area contributed by atoms with Crippen LogP contribution in [0.2, 0.25) is 5.02 Å². The second kappa shape index (κ2) is 10.7. The van der Waals surface area contributed by atoms with Gasteiger partial charge in [0, 0.05) is 36.0 Å². The summed E-state index contributed by atoms with van der Waals surface area (Å²) in [6, 6.07) is 10.9. The zero-order valence-electron chi connectivity index (χ0n) is 19.9. The maximum absolute atomic E-state index is 12.4. The number of aromatic nitrogens is 3. The first kappa shape index (κ1) is 24.4. The van der Waals surface area contributed by atoms with Crippen molar-refractivity contribution in [1.29, 1.82) is 0 Å². The van der Waals surface area contributed by atoms with Crippen molar-refractivity contribution >= 4 is 11.6 Å². The van der Waals surface area contributed by atoms with Gasteiger partial charge in [-0.2, -0.15) is 0 Å². The second-order valence-corrected chi connectivity index (χ2v) is 9.75. The molecule has 3 aromatic rings. The summed E-state index contributed by atoms with van der Waals surface area (Å²) < 4.78 is 11.2. The molecule has 0 amide bonds. The van der Waals surface area contributed by atoms with E-state index in [1.807, 2.05) is 24.3 Å². The first-order valence-electron chi connectivity index (χ1n) is 11.7. The first-order valence-corrected chi connectivity index (χ1v) is 12.0. The SMILES string of the molecule is CCC1(COc2ccc(-c3cc(=O)[nH]c(-c4cc(CNCC(C)C)ccc4Cl)n3)cn2)COC1. The highest BCUT2D eigenvalue weighted by molar-refractivity contribution is 6.33. The maximum atomic E-state index is 12.4. The second-order valence-electron chi connectivity index (χ2n) is 9.34. The molecule has 1 aliphatic rings. The van der Waals surface area contributed by atoms with E-state index >= 15 is 0 Å². The zero-order chi connectivity index (χ0) is 24.1. The summed E-state index contributed by atoms with van der Waals surface area (Å²) in [7, 11) is 0. The van der Waals surface area contributed by atoms with Gasteiger partial charge in [-0.25, -0.2) is 9.97 Å². The number of rotatable bonds is 10. The average Bonchev–Trinajstić information content (AvgIpc) is 2.79. The molecule has 0 atom stereocenters. The minimum absolute atomic E-state index is 0.0850. The van der Waals surface area contributed by atoms with Crippen LogP contribution >= 0.6 is 11.6 Å². The van der Waals surface area contributed by atoms with Crippen molar-refractivity contribution in [1.82, 2.24) is 20.3 Å². The Balaban J connectivity index is 1.53. The van der Waals surface area contributed by atoms with Crippen molar-refractivity contribution in [2.45, 2.75) is 33.7 Å². The van der Waals surface area contributed by atoms with Crippen molar-refractivity contribution in [3.8, 4) is 28.5 Å². The summed E-state index contributed by atoms with van der Waals surface area (Å²) in [6.45, 7) is 10.1. The van der Waals surface area contributed by atoms with E-state index in [1.165, 1.54) is 6.07 Å². The minimum atomic E-state index is -0.255. The minimum Gasteiger partial charge on any atom is -0.477 e. The van der Waals surface area contributed by atoms with Crippen molar-refractivity contribution in [2.24, 2.45) is 11.3 Å². The highest BCUT2D eigenvalue weighted by atomic mass is 35.5. The fraction of sp³-hybridized carbons (Fsp3) is 0.423. The summed E-state index contributed by atoms with van der Waals surface area (Å²) in [5.74, 6) is 1.53. The number of hydrogen-bond acceptors (Lipinski definition) is 6. The lowest BCUT2D eigenvalue weighted by Crippen LogP contribution is -2.46. The van der Waals surface area contributed by atoms with Gasteiger partial charge in [0.2, 0.25) is 5.88 Å². The molecule has 0 radical (unpaired) electrons. The molecule has 3 heterocycles. The predicted molar refractivity (Wildman–Crippen MR) is 134 cm³/mol. The monoisotopic (exact) mass is 482 g/mol. The Bertz CT molecular complexity index is 1170. The Morgan fingerprint density at radius 2 is 2.06 bits per heavy atom. The van der Waals surface area contributed by atoms with Gasteiger partial charge in [-0.1, -0.05) is 38.4 Å². The molecule has 34 heavy (non-hydrogen) atoms. The summed E-state index contributed by atoms with van der Waals surface area (Å²) in [6.07, 6.45) is 2.67. The van der Waals surface area contributed by atoms with Crippen LogP contribution in [0, 0.1) is 11.3 Å². The quantitative estimate of drug-likeness (QED) is 0.435. The molecule has 180 valence electrons. The van der Waals surface area contributed by atoms with Crippen LogP contribution in [0.15, 0.2) is 47.4 Å². The van der Waals surface area contributed by atoms with E-state index in [4.69, 9.17) is 21.1 Å². The van der Waals surface area contributed by atoms with Gasteiger partial charge in [-0.15, -0.1) is 0 Å². The predicted octanol–water partition coefficient (Wildman–Crippen LogP) is 4.70.